The van der Waals surface area contributed by atoms with Crippen molar-refractivity contribution in [3.05, 3.63) is 58.7 Å². The second-order valence-electron chi connectivity index (χ2n) is 9.02. The zero-order chi connectivity index (χ0) is 22.9. The minimum atomic E-state index is -0.266. The van der Waals surface area contributed by atoms with Gasteiger partial charge in [-0.2, -0.15) is 0 Å². The highest BCUT2D eigenvalue weighted by molar-refractivity contribution is 6.02. The van der Waals surface area contributed by atoms with Crippen LogP contribution in [0.25, 0.3) is 0 Å². The van der Waals surface area contributed by atoms with Crippen molar-refractivity contribution < 1.29 is 23.8 Å². The van der Waals surface area contributed by atoms with Crippen LogP contribution in [0.4, 0.5) is 0 Å². The van der Waals surface area contributed by atoms with Gasteiger partial charge in [-0.15, -0.1) is 0 Å². The van der Waals surface area contributed by atoms with Crippen molar-refractivity contribution in [3.63, 3.8) is 0 Å². The van der Waals surface area contributed by atoms with Gasteiger partial charge in [0.05, 0.1) is 32.0 Å². The Bertz CT molecular complexity index is 1040. The molecule has 33 heavy (non-hydrogen) atoms. The summed E-state index contributed by atoms with van der Waals surface area (Å²) in [7, 11) is 1.58. The van der Waals surface area contributed by atoms with Crippen LogP contribution in [0.2, 0.25) is 0 Å². The number of benzene rings is 2. The molecule has 2 heterocycles. The van der Waals surface area contributed by atoms with Crippen molar-refractivity contribution in [2.24, 2.45) is 11.8 Å². The number of fused-ring (bicyclic) bond motifs is 2. The molecular weight excluding hydrogens is 420 g/mol. The number of rotatable bonds is 8. The van der Waals surface area contributed by atoms with Gasteiger partial charge in [0.15, 0.2) is 0 Å². The maximum atomic E-state index is 13.1. The number of ether oxygens (including phenoxy) is 3. The molecule has 1 aliphatic carbocycles. The van der Waals surface area contributed by atoms with E-state index in [9.17, 15) is 9.59 Å². The average molecular weight is 451 g/mol. The molecule has 7 nitrogen and oxygen atoms in total. The topological polar surface area (TPSA) is 85.9 Å². The van der Waals surface area contributed by atoms with Gasteiger partial charge >= 0.3 is 0 Å². The fourth-order valence-corrected chi connectivity index (χ4v) is 4.86. The zero-order valence-corrected chi connectivity index (χ0v) is 19.1. The quantitative estimate of drug-likeness (QED) is 0.604. The van der Waals surface area contributed by atoms with E-state index in [1.807, 2.05) is 30.3 Å². The van der Waals surface area contributed by atoms with Crippen molar-refractivity contribution in [3.8, 4) is 11.5 Å². The summed E-state index contributed by atoms with van der Waals surface area (Å²) in [6, 6.07) is 11.7. The van der Waals surface area contributed by atoms with E-state index in [1.54, 1.807) is 13.1 Å². The number of hydrogen-bond acceptors (Lipinski definition) is 5. The predicted octanol–water partition coefficient (Wildman–Crippen LogP) is 3.12. The molecule has 2 fully saturated rings. The third-order valence-corrected chi connectivity index (χ3v) is 6.92. The molecule has 1 saturated heterocycles. The van der Waals surface area contributed by atoms with Crippen LogP contribution in [0.5, 0.6) is 11.5 Å². The third kappa shape index (κ3) is 4.17. The van der Waals surface area contributed by atoms with Gasteiger partial charge in [0, 0.05) is 42.0 Å². The number of carbonyl (C=O) groups excluding carboxylic acids is 2. The van der Waals surface area contributed by atoms with Gasteiger partial charge in [-0.1, -0.05) is 25.5 Å². The summed E-state index contributed by atoms with van der Waals surface area (Å²) in [6.45, 7) is 4.67. The van der Waals surface area contributed by atoms with E-state index in [0.717, 1.165) is 29.7 Å². The molecule has 0 spiro atoms. The van der Waals surface area contributed by atoms with Crippen LogP contribution < -0.4 is 20.1 Å². The van der Waals surface area contributed by atoms with E-state index >= 15 is 0 Å². The molecule has 5 rings (SSSR count). The van der Waals surface area contributed by atoms with E-state index in [0.29, 0.717) is 55.1 Å². The molecule has 4 atom stereocenters. The highest BCUT2D eigenvalue weighted by atomic mass is 16.5. The monoisotopic (exact) mass is 450 g/mol. The first-order valence-electron chi connectivity index (χ1n) is 11.7. The molecule has 0 bridgehead atoms. The first-order valence-corrected chi connectivity index (χ1v) is 11.7. The number of unbranched alkanes of at least 4 members (excludes halogenated alkanes) is 1. The molecule has 2 amide bonds. The Labute approximate surface area is 193 Å². The van der Waals surface area contributed by atoms with Crippen molar-refractivity contribution in [1.29, 1.82) is 0 Å². The standard InChI is InChI=1S/C26H30N2O5/c1-3-4-9-32-17-7-5-15(6-8-17)20-14-33-24-18(20)10-16(11-19(24)26(30)27-2)25(29)28-23-21-12-31-13-22(21)23/h5-8,10-11,20-23H,3-4,9,12-14H2,1-2H3,(H,27,30)(H,28,29)/t20?,21-,22+,23?. The summed E-state index contributed by atoms with van der Waals surface area (Å²) in [5.74, 6) is 1.73. The van der Waals surface area contributed by atoms with Crippen LogP contribution in [-0.4, -0.2) is 51.3 Å². The van der Waals surface area contributed by atoms with Crippen molar-refractivity contribution in [2.45, 2.75) is 31.7 Å². The van der Waals surface area contributed by atoms with Crippen LogP contribution in [0.1, 0.15) is 57.5 Å². The van der Waals surface area contributed by atoms with Gasteiger partial charge in [-0.3, -0.25) is 9.59 Å². The van der Waals surface area contributed by atoms with E-state index in [-0.39, 0.29) is 23.8 Å². The Balaban J connectivity index is 1.40. The first kappa shape index (κ1) is 21.8. The van der Waals surface area contributed by atoms with Crippen molar-refractivity contribution in [2.75, 3.05) is 33.5 Å². The Kier molecular flexibility index (Phi) is 5.98. The first-order chi connectivity index (χ1) is 16.1. The summed E-state index contributed by atoms with van der Waals surface area (Å²) >= 11 is 0. The second-order valence-corrected chi connectivity index (χ2v) is 9.02. The molecule has 0 aromatic heterocycles. The fraction of sp³-hybridized carbons (Fsp3) is 0.462. The van der Waals surface area contributed by atoms with Gasteiger partial charge < -0.3 is 24.8 Å². The maximum absolute atomic E-state index is 13.1. The minimum absolute atomic E-state index is 0.0606. The molecule has 2 aromatic carbocycles. The molecule has 7 heteroatoms. The van der Waals surface area contributed by atoms with E-state index < -0.39 is 0 Å². The zero-order valence-electron chi connectivity index (χ0n) is 19.1. The lowest BCUT2D eigenvalue weighted by Gasteiger charge is -2.14. The molecule has 2 aromatic rings. The van der Waals surface area contributed by atoms with Crippen molar-refractivity contribution in [1.82, 2.24) is 10.6 Å². The molecule has 3 aliphatic rings. The average Bonchev–Trinajstić information content (AvgIpc) is 3.19. The van der Waals surface area contributed by atoms with Crippen LogP contribution in [0.15, 0.2) is 36.4 Å². The Morgan fingerprint density at radius 2 is 1.82 bits per heavy atom. The lowest BCUT2D eigenvalue weighted by atomic mass is 9.90. The van der Waals surface area contributed by atoms with E-state index in [4.69, 9.17) is 14.2 Å². The summed E-state index contributed by atoms with van der Waals surface area (Å²) in [5, 5.41) is 5.79. The molecule has 2 unspecified atom stereocenters. The van der Waals surface area contributed by atoms with Gasteiger partial charge in [-0.05, 0) is 36.2 Å². The number of amides is 2. The van der Waals surface area contributed by atoms with Crippen LogP contribution in [-0.2, 0) is 4.74 Å². The fourth-order valence-electron chi connectivity index (χ4n) is 4.86. The van der Waals surface area contributed by atoms with E-state index in [1.165, 1.54) is 0 Å². The largest absolute Gasteiger partial charge is 0.494 e. The Morgan fingerprint density at radius 3 is 2.52 bits per heavy atom. The molecule has 2 N–H and O–H groups in total. The third-order valence-electron chi connectivity index (χ3n) is 6.92. The molecule has 0 radical (unpaired) electrons. The molecule has 2 aliphatic heterocycles. The van der Waals surface area contributed by atoms with E-state index in [2.05, 4.69) is 17.6 Å². The second kappa shape index (κ2) is 9.06. The number of hydrogen-bond donors (Lipinski definition) is 2. The van der Waals surface area contributed by atoms with Crippen molar-refractivity contribution >= 4 is 11.8 Å². The summed E-state index contributed by atoms with van der Waals surface area (Å²) in [6.07, 6.45) is 2.11. The lowest BCUT2D eigenvalue weighted by Crippen LogP contribution is -2.30. The van der Waals surface area contributed by atoms with Crippen LogP contribution >= 0.6 is 0 Å². The SMILES string of the molecule is CCCCOc1ccc(C2COc3c(C(=O)NC)cc(C(=O)NC4[C@H]5COC[C@@H]45)cc32)cc1. The summed E-state index contributed by atoms with van der Waals surface area (Å²) in [4.78, 5) is 25.7. The Morgan fingerprint density at radius 1 is 1.06 bits per heavy atom. The van der Waals surface area contributed by atoms with Gasteiger partial charge in [-0.25, -0.2) is 0 Å². The van der Waals surface area contributed by atoms with Gasteiger partial charge in [0.2, 0.25) is 0 Å². The smallest absolute Gasteiger partial charge is 0.254 e. The molecular formula is C26H30N2O5. The van der Waals surface area contributed by atoms with Crippen LogP contribution in [0.3, 0.4) is 0 Å². The minimum Gasteiger partial charge on any atom is -0.494 e. The highest BCUT2D eigenvalue weighted by Crippen LogP contribution is 2.45. The van der Waals surface area contributed by atoms with Gasteiger partial charge in [0.25, 0.3) is 11.8 Å². The number of carbonyl (C=O) groups is 2. The van der Waals surface area contributed by atoms with Gasteiger partial charge in [0.1, 0.15) is 11.5 Å². The maximum Gasteiger partial charge on any atom is 0.254 e. The summed E-state index contributed by atoms with van der Waals surface area (Å²) < 4.78 is 17.2. The molecule has 174 valence electrons. The van der Waals surface area contributed by atoms with Crippen LogP contribution in [0, 0.1) is 11.8 Å². The molecule has 1 saturated carbocycles. The summed E-state index contributed by atoms with van der Waals surface area (Å²) in [5.41, 5.74) is 2.79. The number of nitrogens with one attached hydrogen (secondary N) is 2. The lowest BCUT2D eigenvalue weighted by molar-refractivity contribution is 0.0929. The predicted molar refractivity (Wildman–Crippen MR) is 123 cm³/mol. The normalized spacial score (nSPS) is 24.4. The Hall–Kier alpha value is -3.06. The highest BCUT2D eigenvalue weighted by Gasteiger charge is 2.54.